The van der Waals surface area contributed by atoms with Gasteiger partial charge in [0.05, 0.1) is 18.1 Å². The lowest BCUT2D eigenvalue weighted by Gasteiger charge is -2.32. The van der Waals surface area contributed by atoms with Gasteiger partial charge in [-0.05, 0) is 70.8 Å². The fourth-order valence-electron chi connectivity index (χ4n) is 5.34. The van der Waals surface area contributed by atoms with E-state index >= 15 is 0 Å². The lowest BCUT2D eigenvalue weighted by molar-refractivity contribution is -0.147. The molecule has 1 aromatic rings. The number of nitrogens with one attached hydrogen (secondary N) is 1. The summed E-state index contributed by atoms with van der Waals surface area (Å²) < 4.78 is 6.28. The lowest BCUT2D eigenvalue weighted by Crippen LogP contribution is -2.46. The molecule has 2 fully saturated rings. The Morgan fingerprint density at radius 1 is 1.06 bits per heavy atom. The van der Waals surface area contributed by atoms with Crippen LogP contribution in [0.4, 0.5) is 4.79 Å². The van der Waals surface area contributed by atoms with Crippen molar-refractivity contribution in [2.24, 2.45) is 11.3 Å². The molecule has 0 bridgehead atoms. The van der Waals surface area contributed by atoms with Crippen molar-refractivity contribution in [3.8, 4) is 0 Å². The molecule has 0 aromatic heterocycles. The topological polar surface area (TPSA) is 78.9 Å². The smallest absolute Gasteiger partial charge is 0.317 e. The molecule has 196 valence electrons. The van der Waals surface area contributed by atoms with Gasteiger partial charge in [0, 0.05) is 19.1 Å². The molecular weight excluding hydrogens is 440 g/mol. The molecule has 35 heavy (non-hydrogen) atoms. The molecule has 1 aromatic carbocycles. The minimum absolute atomic E-state index is 0.0125. The Morgan fingerprint density at radius 3 is 2.46 bits per heavy atom. The third kappa shape index (κ3) is 9.14. The van der Waals surface area contributed by atoms with E-state index in [1.165, 1.54) is 24.8 Å². The van der Waals surface area contributed by atoms with Crippen LogP contribution in [-0.2, 0) is 16.1 Å². The summed E-state index contributed by atoms with van der Waals surface area (Å²) in [5.41, 5.74) is 1.68. The van der Waals surface area contributed by atoms with Crippen LogP contribution in [0.25, 0.3) is 0 Å². The summed E-state index contributed by atoms with van der Waals surface area (Å²) in [6, 6.07) is 8.68. The number of rotatable bonds is 11. The van der Waals surface area contributed by atoms with Gasteiger partial charge in [-0.3, -0.25) is 4.79 Å². The molecule has 2 atom stereocenters. The Balaban J connectivity index is 1.50. The number of aliphatic carboxylic acids is 1. The number of carbonyl (C=O) groups is 2. The summed E-state index contributed by atoms with van der Waals surface area (Å²) in [5, 5.41) is 12.7. The average molecular weight is 487 g/mol. The molecule has 0 saturated heterocycles. The molecule has 0 heterocycles. The minimum atomic E-state index is -0.721. The normalized spacial score (nSPS) is 21.5. The van der Waals surface area contributed by atoms with Gasteiger partial charge in [-0.1, -0.05) is 61.9 Å². The third-order valence-electron chi connectivity index (χ3n) is 7.92. The van der Waals surface area contributed by atoms with E-state index in [1.807, 2.05) is 18.7 Å². The van der Waals surface area contributed by atoms with E-state index in [0.717, 1.165) is 50.5 Å². The SMILES string of the molecule is Cc1ccc(CN(CCOC2CCCC(CCC(C)(C)C(=O)O)C2)C(=O)NC2CCCCC2)cc1. The molecule has 2 amide bonds. The highest BCUT2D eigenvalue weighted by atomic mass is 16.5. The van der Waals surface area contributed by atoms with Crippen molar-refractivity contribution in [3.05, 3.63) is 35.4 Å². The number of nitrogens with zero attached hydrogens (tertiary/aromatic N) is 1. The van der Waals surface area contributed by atoms with E-state index in [0.29, 0.717) is 32.0 Å². The quantitative estimate of drug-likeness (QED) is 0.384. The fraction of sp³-hybridized carbons (Fsp3) is 0.724. The van der Waals surface area contributed by atoms with Crippen LogP contribution in [0.3, 0.4) is 0 Å². The second kappa shape index (κ2) is 13.3. The van der Waals surface area contributed by atoms with E-state index in [9.17, 15) is 14.7 Å². The summed E-state index contributed by atoms with van der Waals surface area (Å²) >= 11 is 0. The van der Waals surface area contributed by atoms with E-state index in [4.69, 9.17) is 4.74 Å². The molecule has 3 rings (SSSR count). The maximum atomic E-state index is 13.2. The first-order chi connectivity index (χ1) is 16.7. The minimum Gasteiger partial charge on any atom is -0.481 e. The van der Waals surface area contributed by atoms with E-state index in [-0.39, 0.29) is 18.2 Å². The van der Waals surface area contributed by atoms with Gasteiger partial charge < -0.3 is 20.1 Å². The predicted octanol–water partition coefficient (Wildman–Crippen LogP) is 6.31. The van der Waals surface area contributed by atoms with Crippen LogP contribution in [-0.4, -0.2) is 47.3 Å². The van der Waals surface area contributed by atoms with Gasteiger partial charge in [0.25, 0.3) is 0 Å². The number of hydrogen-bond acceptors (Lipinski definition) is 3. The molecule has 2 aliphatic rings. The van der Waals surface area contributed by atoms with Crippen molar-refractivity contribution in [2.75, 3.05) is 13.2 Å². The van der Waals surface area contributed by atoms with Gasteiger partial charge in [0.1, 0.15) is 0 Å². The van der Waals surface area contributed by atoms with Gasteiger partial charge >= 0.3 is 12.0 Å². The molecule has 6 heteroatoms. The maximum Gasteiger partial charge on any atom is 0.317 e. The molecule has 0 radical (unpaired) electrons. The Hall–Kier alpha value is -2.08. The van der Waals surface area contributed by atoms with Crippen molar-refractivity contribution in [2.45, 2.75) is 110 Å². The Bertz CT molecular complexity index is 801. The number of ether oxygens (including phenoxy) is 1. The van der Waals surface area contributed by atoms with Gasteiger partial charge in [-0.2, -0.15) is 0 Å². The largest absolute Gasteiger partial charge is 0.481 e. The average Bonchev–Trinajstić information content (AvgIpc) is 2.84. The molecular formula is C29H46N2O4. The zero-order valence-electron chi connectivity index (χ0n) is 22.1. The van der Waals surface area contributed by atoms with Crippen LogP contribution in [0.15, 0.2) is 24.3 Å². The van der Waals surface area contributed by atoms with Crippen LogP contribution in [0, 0.1) is 18.3 Å². The van der Waals surface area contributed by atoms with Crippen molar-refractivity contribution in [1.29, 1.82) is 0 Å². The van der Waals surface area contributed by atoms with Crippen LogP contribution in [0.1, 0.15) is 95.6 Å². The Kier molecular flexibility index (Phi) is 10.4. The number of carboxylic acid groups (broad SMARTS) is 1. The van der Waals surface area contributed by atoms with Crippen molar-refractivity contribution >= 4 is 12.0 Å². The number of aryl methyl sites for hydroxylation is 1. The van der Waals surface area contributed by atoms with Crippen LogP contribution in [0.5, 0.6) is 0 Å². The predicted molar refractivity (Wildman–Crippen MR) is 139 cm³/mol. The Labute approximate surface area is 211 Å². The van der Waals surface area contributed by atoms with Crippen LogP contribution < -0.4 is 5.32 Å². The molecule has 2 saturated carbocycles. The number of benzene rings is 1. The first-order valence-electron chi connectivity index (χ1n) is 13.7. The van der Waals surface area contributed by atoms with E-state index in [1.54, 1.807) is 0 Å². The van der Waals surface area contributed by atoms with Crippen LogP contribution in [0.2, 0.25) is 0 Å². The molecule has 0 aliphatic heterocycles. The third-order valence-corrected chi connectivity index (χ3v) is 7.92. The number of hydrogen-bond donors (Lipinski definition) is 2. The maximum absolute atomic E-state index is 13.2. The standard InChI is InChI=1S/C29H46N2O4/c1-22-12-14-24(15-13-22)21-31(28(34)30-25-9-5-4-6-10-25)18-19-35-26-11-7-8-23(20-26)16-17-29(2,3)27(32)33/h12-15,23,25-26H,4-11,16-21H2,1-3H3,(H,30,34)(H,32,33). The Morgan fingerprint density at radius 2 is 1.77 bits per heavy atom. The first-order valence-corrected chi connectivity index (χ1v) is 13.7. The summed E-state index contributed by atoms with van der Waals surface area (Å²) in [6.07, 6.45) is 11.9. The zero-order valence-corrected chi connectivity index (χ0v) is 22.1. The van der Waals surface area contributed by atoms with Gasteiger partial charge in [-0.25, -0.2) is 4.79 Å². The van der Waals surface area contributed by atoms with Gasteiger partial charge in [0.2, 0.25) is 0 Å². The van der Waals surface area contributed by atoms with Gasteiger partial charge in [-0.15, -0.1) is 0 Å². The van der Waals surface area contributed by atoms with Crippen LogP contribution >= 0.6 is 0 Å². The number of amides is 2. The second-order valence-corrected chi connectivity index (χ2v) is 11.4. The molecule has 6 nitrogen and oxygen atoms in total. The van der Waals surface area contributed by atoms with Crippen molar-refractivity contribution < 1.29 is 19.4 Å². The highest BCUT2D eigenvalue weighted by Gasteiger charge is 2.30. The molecule has 0 spiro atoms. The highest BCUT2D eigenvalue weighted by molar-refractivity contribution is 5.74. The fourth-order valence-corrected chi connectivity index (χ4v) is 5.34. The molecule has 2 N–H and O–H groups in total. The monoisotopic (exact) mass is 486 g/mol. The summed E-state index contributed by atoms with van der Waals surface area (Å²) in [6.45, 7) is 7.38. The van der Waals surface area contributed by atoms with E-state index in [2.05, 4.69) is 36.5 Å². The zero-order chi connectivity index (χ0) is 25.3. The van der Waals surface area contributed by atoms with E-state index < -0.39 is 11.4 Å². The molecule has 2 aliphatic carbocycles. The van der Waals surface area contributed by atoms with Crippen molar-refractivity contribution in [1.82, 2.24) is 10.2 Å². The number of urea groups is 1. The first kappa shape index (κ1) is 27.5. The van der Waals surface area contributed by atoms with Gasteiger partial charge in [0.15, 0.2) is 0 Å². The lowest BCUT2D eigenvalue weighted by atomic mass is 9.79. The number of carbonyl (C=O) groups excluding carboxylic acids is 1. The highest BCUT2D eigenvalue weighted by Crippen LogP contribution is 2.33. The molecule has 2 unspecified atom stereocenters. The number of carboxylic acids is 1. The second-order valence-electron chi connectivity index (χ2n) is 11.4. The summed E-state index contributed by atoms with van der Waals surface area (Å²) in [5.74, 6) is -0.202. The van der Waals surface area contributed by atoms with Crippen molar-refractivity contribution in [3.63, 3.8) is 0 Å². The summed E-state index contributed by atoms with van der Waals surface area (Å²) in [4.78, 5) is 26.5. The summed E-state index contributed by atoms with van der Waals surface area (Å²) in [7, 11) is 0.